The molecule has 0 fully saturated rings. The van der Waals surface area contributed by atoms with E-state index in [4.69, 9.17) is 11.6 Å². The molecule has 0 aliphatic heterocycles. The molecule has 0 aromatic heterocycles. The van der Waals surface area contributed by atoms with Crippen molar-refractivity contribution in [3.8, 4) is 0 Å². The molecule has 3 rings (SSSR count). The molecule has 3 aromatic carbocycles. The summed E-state index contributed by atoms with van der Waals surface area (Å²) in [5.41, 5.74) is 4.41. The Kier molecular flexibility index (Phi) is 9.72. The number of rotatable bonds is 10. The van der Waals surface area contributed by atoms with E-state index >= 15 is 0 Å². The van der Waals surface area contributed by atoms with Crippen LogP contribution in [0.2, 0.25) is 5.02 Å². The quantitative estimate of drug-likeness (QED) is 0.350. The van der Waals surface area contributed by atoms with E-state index in [0.717, 1.165) is 16.7 Å². The van der Waals surface area contributed by atoms with Gasteiger partial charge in [-0.25, -0.2) is 0 Å². The maximum atomic E-state index is 13.7. The molecule has 190 valence electrons. The maximum Gasteiger partial charge on any atom is 0.243 e. The van der Waals surface area contributed by atoms with Crippen LogP contribution in [-0.4, -0.2) is 29.3 Å². The van der Waals surface area contributed by atoms with Gasteiger partial charge in [0.1, 0.15) is 6.04 Å². The van der Waals surface area contributed by atoms with E-state index in [2.05, 4.69) is 50.4 Å². The SMILES string of the molecule is CCNC(=O)C(Cc1ccccc1)N(Cc1ccc(Cl)cc1)C(=O)CCc1ccc(C(C)(C)C)cc1. The molecule has 0 aliphatic rings. The predicted octanol–water partition coefficient (Wildman–Crippen LogP) is 6.35. The van der Waals surface area contributed by atoms with Crippen LogP contribution in [0.15, 0.2) is 78.9 Å². The summed E-state index contributed by atoms with van der Waals surface area (Å²) in [5.74, 6) is -0.185. The molecule has 1 unspecified atom stereocenters. The second-order valence-electron chi connectivity index (χ2n) is 10.2. The number of hydrogen-bond acceptors (Lipinski definition) is 2. The Labute approximate surface area is 220 Å². The molecule has 4 nitrogen and oxygen atoms in total. The lowest BCUT2D eigenvalue weighted by atomic mass is 9.86. The molecule has 0 saturated heterocycles. The zero-order valence-corrected chi connectivity index (χ0v) is 22.5. The Morgan fingerprint density at radius 2 is 1.47 bits per heavy atom. The lowest BCUT2D eigenvalue weighted by Crippen LogP contribution is -2.50. The number of aryl methyl sites for hydroxylation is 1. The second-order valence-corrected chi connectivity index (χ2v) is 10.6. The van der Waals surface area contributed by atoms with Gasteiger partial charge in [-0.3, -0.25) is 9.59 Å². The summed E-state index contributed by atoms with van der Waals surface area (Å²) < 4.78 is 0. The molecule has 0 heterocycles. The fraction of sp³-hybridized carbons (Fsp3) is 0.355. The third-order valence-corrected chi connectivity index (χ3v) is 6.59. The van der Waals surface area contributed by atoms with Crippen molar-refractivity contribution in [2.75, 3.05) is 6.54 Å². The van der Waals surface area contributed by atoms with Crippen LogP contribution in [0.1, 0.15) is 56.4 Å². The summed E-state index contributed by atoms with van der Waals surface area (Å²) in [4.78, 5) is 28.6. The number of hydrogen-bond donors (Lipinski definition) is 1. The van der Waals surface area contributed by atoms with Gasteiger partial charge in [0.25, 0.3) is 0 Å². The summed E-state index contributed by atoms with van der Waals surface area (Å²) in [7, 11) is 0. The van der Waals surface area contributed by atoms with Crippen molar-refractivity contribution in [2.24, 2.45) is 0 Å². The molecule has 5 heteroatoms. The fourth-order valence-corrected chi connectivity index (χ4v) is 4.32. The predicted molar refractivity (Wildman–Crippen MR) is 148 cm³/mol. The number of carbonyl (C=O) groups is 2. The minimum atomic E-state index is -0.612. The highest BCUT2D eigenvalue weighted by Crippen LogP contribution is 2.23. The summed E-state index contributed by atoms with van der Waals surface area (Å²) in [6, 6.07) is 25.2. The first-order valence-corrected chi connectivity index (χ1v) is 13.0. The van der Waals surface area contributed by atoms with Gasteiger partial charge in [-0.15, -0.1) is 0 Å². The van der Waals surface area contributed by atoms with Crippen LogP contribution < -0.4 is 5.32 Å². The number of benzene rings is 3. The summed E-state index contributed by atoms with van der Waals surface area (Å²) in [6.45, 7) is 9.31. The topological polar surface area (TPSA) is 49.4 Å². The Morgan fingerprint density at radius 3 is 2.06 bits per heavy atom. The van der Waals surface area contributed by atoms with E-state index in [1.807, 2.05) is 61.5 Å². The lowest BCUT2D eigenvalue weighted by molar-refractivity contribution is -0.141. The van der Waals surface area contributed by atoms with E-state index in [9.17, 15) is 9.59 Å². The van der Waals surface area contributed by atoms with Crippen LogP contribution in [0.3, 0.4) is 0 Å². The van der Waals surface area contributed by atoms with Gasteiger partial charge in [-0.1, -0.05) is 99.1 Å². The molecule has 0 spiro atoms. The first-order valence-electron chi connectivity index (χ1n) is 12.6. The highest BCUT2D eigenvalue weighted by molar-refractivity contribution is 6.30. The number of amides is 2. The standard InChI is InChI=1S/C31H37ClN2O2/c1-5-33-30(36)28(21-24-9-7-6-8-10-24)34(22-25-13-18-27(32)19-14-25)29(35)20-15-23-11-16-26(17-12-23)31(2,3)4/h6-14,16-19,28H,5,15,20-22H2,1-4H3,(H,33,36). The molecule has 0 saturated carbocycles. The fourth-order valence-electron chi connectivity index (χ4n) is 4.20. The first-order chi connectivity index (χ1) is 17.2. The van der Waals surface area contributed by atoms with Crippen LogP contribution >= 0.6 is 11.6 Å². The van der Waals surface area contributed by atoms with Gasteiger partial charge in [0, 0.05) is 31.0 Å². The molecule has 2 amide bonds. The molecular formula is C31H37ClN2O2. The highest BCUT2D eigenvalue weighted by atomic mass is 35.5. The van der Waals surface area contributed by atoms with E-state index in [0.29, 0.717) is 37.4 Å². The Hall–Kier alpha value is -3.11. The number of nitrogens with zero attached hydrogens (tertiary/aromatic N) is 1. The van der Waals surface area contributed by atoms with Gasteiger partial charge < -0.3 is 10.2 Å². The van der Waals surface area contributed by atoms with E-state index in [-0.39, 0.29) is 17.2 Å². The average molecular weight is 505 g/mol. The summed E-state index contributed by atoms with van der Waals surface area (Å²) >= 11 is 6.08. The molecule has 0 aliphatic carbocycles. The van der Waals surface area contributed by atoms with Gasteiger partial charge in [0.2, 0.25) is 11.8 Å². The lowest BCUT2D eigenvalue weighted by Gasteiger charge is -2.31. The van der Waals surface area contributed by atoms with E-state index in [1.54, 1.807) is 4.90 Å². The van der Waals surface area contributed by atoms with Gasteiger partial charge >= 0.3 is 0 Å². The third kappa shape index (κ3) is 7.96. The monoisotopic (exact) mass is 504 g/mol. The number of likely N-dealkylation sites (N-methyl/N-ethyl adjacent to an activating group) is 1. The van der Waals surface area contributed by atoms with Crippen LogP contribution in [0.5, 0.6) is 0 Å². The second kappa shape index (κ2) is 12.7. The summed E-state index contributed by atoms with van der Waals surface area (Å²) in [6.07, 6.45) is 1.40. The largest absolute Gasteiger partial charge is 0.355 e. The van der Waals surface area contributed by atoms with Crippen molar-refractivity contribution in [1.29, 1.82) is 0 Å². The average Bonchev–Trinajstić information content (AvgIpc) is 2.86. The van der Waals surface area contributed by atoms with Gasteiger partial charge in [0.15, 0.2) is 0 Å². The zero-order valence-electron chi connectivity index (χ0n) is 21.8. The zero-order chi connectivity index (χ0) is 26.1. The highest BCUT2D eigenvalue weighted by Gasteiger charge is 2.30. The number of carbonyl (C=O) groups excluding carboxylic acids is 2. The van der Waals surface area contributed by atoms with Crippen molar-refractivity contribution in [1.82, 2.24) is 10.2 Å². The third-order valence-electron chi connectivity index (χ3n) is 6.34. The van der Waals surface area contributed by atoms with Crippen LogP contribution in [-0.2, 0) is 34.4 Å². The van der Waals surface area contributed by atoms with Crippen LogP contribution in [0, 0.1) is 0 Å². The van der Waals surface area contributed by atoms with Crippen molar-refractivity contribution in [2.45, 2.75) is 65.0 Å². The van der Waals surface area contributed by atoms with Gasteiger partial charge in [0.05, 0.1) is 0 Å². The Bertz CT molecular complexity index is 1120. The van der Waals surface area contributed by atoms with E-state index in [1.165, 1.54) is 5.56 Å². The first kappa shape index (κ1) is 27.5. The van der Waals surface area contributed by atoms with Gasteiger partial charge in [-0.05, 0) is 53.1 Å². The van der Waals surface area contributed by atoms with E-state index < -0.39 is 6.04 Å². The number of nitrogens with one attached hydrogen (secondary N) is 1. The molecular weight excluding hydrogens is 468 g/mol. The molecule has 3 aromatic rings. The minimum Gasteiger partial charge on any atom is -0.355 e. The van der Waals surface area contributed by atoms with Gasteiger partial charge in [-0.2, -0.15) is 0 Å². The Morgan fingerprint density at radius 1 is 0.861 bits per heavy atom. The number of halogens is 1. The van der Waals surface area contributed by atoms with Crippen molar-refractivity contribution < 1.29 is 9.59 Å². The molecule has 1 N–H and O–H groups in total. The Balaban J connectivity index is 1.85. The van der Waals surface area contributed by atoms with Crippen LogP contribution in [0.25, 0.3) is 0 Å². The van der Waals surface area contributed by atoms with Crippen molar-refractivity contribution >= 4 is 23.4 Å². The smallest absolute Gasteiger partial charge is 0.243 e. The van der Waals surface area contributed by atoms with Crippen LogP contribution in [0.4, 0.5) is 0 Å². The molecule has 0 radical (unpaired) electrons. The van der Waals surface area contributed by atoms with Crippen molar-refractivity contribution in [3.63, 3.8) is 0 Å². The minimum absolute atomic E-state index is 0.0444. The van der Waals surface area contributed by atoms with Crippen molar-refractivity contribution in [3.05, 3.63) is 106 Å². The molecule has 1 atom stereocenters. The maximum absolute atomic E-state index is 13.7. The summed E-state index contributed by atoms with van der Waals surface area (Å²) in [5, 5.41) is 3.58. The molecule has 0 bridgehead atoms. The normalized spacial score (nSPS) is 12.1. The molecule has 36 heavy (non-hydrogen) atoms.